The van der Waals surface area contributed by atoms with Crippen molar-refractivity contribution < 1.29 is 0 Å². The molecule has 1 aromatic rings. The van der Waals surface area contributed by atoms with Gasteiger partial charge in [-0.2, -0.15) is 0 Å². The second kappa shape index (κ2) is 4.17. The fourth-order valence-electron chi connectivity index (χ4n) is 3.31. The van der Waals surface area contributed by atoms with Gasteiger partial charge in [-0.25, -0.2) is 0 Å². The second-order valence-corrected chi connectivity index (χ2v) is 6.99. The van der Waals surface area contributed by atoms with Crippen molar-refractivity contribution in [3.63, 3.8) is 0 Å². The van der Waals surface area contributed by atoms with E-state index in [2.05, 4.69) is 34.2 Å². The van der Waals surface area contributed by atoms with E-state index in [-0.39, 0.29) is 5.54 Å². The lowest BCUT2D eigenvalue weighted by Gasteiger charge is -2.43. The smallest absolute Gasteiger partial charge is 0.192 e. The lowest BCUT2D eigenvalue weighted by atomic mass is 9.85. The van der Waals surface area contributed by atoms with Crippen LogP contribution in [0.4, 0.5) is 0 Å². The van der Waals surface area contributed by atoms with E-state index in [0.29, 0.717) is 0 Å². The van der Waals surface area contributed by atoms with Crippen LogP contribution in [0.1, 0.15) is 24.8 Å². The van der Waals surface area contributed by atoms with E-state index in [9.17, 15) is 0 Å². The van der Waals surface area contributed by atoms with Gasteiger partial charge in [0.1, 0.15) is 0 Å². The van der Waals surface area contributed by atoms with Crippen LogP contribution in [0.3, 0.4) is 0 Å². The van der Waals surface area contributed by atoms with Crippen molar-refractivity contribution in [2.24, 2.45) is 16.6 Å². The molecule has 3 aliphatic rings. The highest BCUT2D eigenvalue weighted by Crippen LogP contribution is 2.47. The number of fused-ring (bicyclic) bond motifs is 2. The largest absolute Gasteiger partial charge is 0.370 e. The van der Waals surface area contributed by atoms with Crippen LogP contribution in [-0.2, 0) is 5.54 Å². The summed E-state index contributed by atoms with van der Waals surface area (Å²) < 4.78 is 0. The average molecular weight is 273 g/mol. The molecule has 2 aliphatic heterocycles. The second-order valence-electron chi connectivity index (χ2n) is 5.85. The minimum atomic E-state index is 0.0501. The summed E-state index contributed by atoms with van der Waals surface area (Å²) in [5, 5.41) is 0. The highest BCUT2D eigenvalue weighted by atomic mass is 32.2. The molecule has 2 N–H and O–H groups in total. The Labute approximate surface area is 118 Å². The third kappa shape index (κ3) is 1.76. The van der Waals surface area contributed by atoms with Crippen LogP contribution in [0.15, 0.2) is 34.2 Å². The number of nitrogens with zero attached hydrogens (tertiary/aromatic N) is 2. The Morgan fingerprint density at radius 2 is 2.21 bits per heavy atom. The normalized spacial score (nSPS) is 29.5. The summed E-state index contributed by atoms with van der Waals surface area (Å²) in [5.41, 5.74) is 7.68. The summed E-state index contributed by atoms with van der Waals surface area (Å²) in [6, 6.07) is 8.80. The molecule has 1 aromatic carbocycles. The van der Waals surface area contributed by atoms with E-state index in [4.69, 9.17) is 5.73 Å². The van der Waals surface area contributed by atoms with Crippen molar-refractivity contribution in [1.82, 2.24) is 4.90 Å². The summed E-state index contributed by atoms with van der Waals surface area (Å²) in [6.07, 6.45) is 3.87. The van der Waals surface area contributed by atoms with Crippen molar-refractivity contribution in [3.8, 4) is 0 Å². The summed E-state index contributed by atoms with van der Waals surface area (Å²) in [7, 11) is 0. The lowest BCUT2D eigenvalue weighted by Crippen LogP contribution is -2.51. The summed E-state index contributed by atoms with van der Waals surface area (Å²) >= 11 is 1.97. The number of benzene rings is 1. The molecular formula is C15H19N3S. The van der Waals surface area contributed by atoms with Gasteiger partial charge in [-0.15, -0.1) is 11.8 Å². The van der Waals surface area contributed by atoms with E-state index >= 15 is 0 Å². The average Bonchev–Trinajstić information content (AvgIpc) is 3.21. The molecule has 1 spiro atoms. The first-order chi connectivity index (χ1) is 9.29. The van der Waals surface area contributed by atoms with Gasteiger partial charge < -0.3 is 10.6 Å². The Morgan fingerprint density at radius 3 is 3.05 bits per heavy atom. The first-order valence-electron chi connectivity index (χ1n) is 7.09. The lowest BCUT2D eigenvalue weighted by molar-refractivity contribution is 0.183. The monoisotopic (exact) mass is 273 g/mol. The van der Waals surface area contributed by atoms with E-state index in [1.54, 1.807) is 0 Å². The van der Waals surface area contributed by atoms with Crippen molar-refractivity contribution in [1.29, 1.82) is 0 Å². The Balaban J connectivity index is 1.76. The molecular weight excluding hydrogens is 254 g/mol. The zero-order valence-electron chi connectivity index (χ0n) is 11.0. The molecule has 4 heteroatoms. The van der Waals surface area contributed by atoms with Gasteiger partial charge in [-0.1, -0.05) is 18.2 Å². The number of hydrogen-bond acceptors (Lipinski definition) is 4. The molecule has 19 heavy (non-hydrogen) atoms. The van der Waals surface area contributed by atoms with Gasteiger partial charge in [-0.3, -0.25) is 4.99 Å². The molecule has 2 heterocycles. The highest BCUT2D eigenvalue weighted by Gasteiger charge is 2.47. The number of rotatable bonds is 2. The van der Waals surface area contributed by atoms with Crippen molar-refractivity contribution in [2.45, 2.75) is 29.7 Å². The zero-order chi connectivity index (χ0) is 12.9. The van der Waals surface area contributed by atoms with Crippen LogP contribution >= 0.6 is 11.8 Å². The first-order valence-corrected chi connectivity index (χ1v) is 8.08. The van der Waals surface area contributed by atoms with Gasteiger partial charge in [0.25, 0.3) is 0 Å². The molecule has 1 saturated carbocycles. The van der Waals surface area contributed by atoms with Gasteiger partial charge >= 0.3 is 0 Å². The van der Waals surface area contributed by atoms with Crippen molar-refractivity contribution >= 4 is 17.7 Å². The topological polar surface area (TPSA) is 41.6 Å². The third-order valence-corrected chi connectivity index (χ3v) is 5.67. The maximum atomic E-state index is 6.19. The Kier molecular flexibility index (Phi) is 2.56. The number of aliphatic imine (C=N–C) groups is 1. The van der Waals surface area contributed by atoms with E-state index in [1.807, 2.05) is 11.8 Å². The zero-order valence-corrected chi connectivity index (χ0v) is 11.8. The molecule has 0 radical (unpaired) electrons. The molecule has 0 aromatic heterocycles. The minimum absolute atomic E-state index is 0.0501. The van der Waals surface area contributed by atoms with Crippen LogP contribution < -0.4 is 5.73 Å². The molecule has 3 nitrogen and oxygen atoms in total. The predicted molar refractivity (Wildman–Crippen MR) is 79.4 cm³/mol. The molecule has 1 unspecified atom stereocenters. The Morgan fingerprint density at radius 1 is 1.37 bits per heavy atom. The number of guanidine groups is 1. The van der Waals surface area contributed by atoms with E-state index in [1.165, 1.54) is 29.1 Å². The standard InChI is InChI=1S/C15H19N3S/c16-14-17-10-15(18(14)9-11-5-6-11)7-8-19-13-4-2-1-3-12(13)15/h1-4,11H,5-10H2,(H2,16,17). The summed E-state index contributed by atoms with van der Waals surface area (Å²) in [5.74, 6) is 2.76. The SMILES string of the molecule is NC1=NCC2(CCSc3ccccc32)N1CC1CC1. The van der Waals surface area contributed by atoms with Crippen LogP contribution in [-0.4, -0.2) is 29.7 Å². The molecule has 4 rings (SSSR count). The van der Waals surface area contributed by atoms with Crippen LogP contribution in [0.5, 0.6) is 0 Å². The molecule has 0 saturated heterocycles. The van der Waals surface area contributed by atoms with E-state index < -0.39 is 0 Å². The molecule has 1 atom stereocenters. The van der Waals surface area contributed by atoms with Gasteiger partial charge in [0, 0.05) is 17.2 Å². The van der Waals surface area contributed by atoms with Gasteiger partial charge in [0.2, 0.25) is 0 Å². The molecule has 1 aliphatic carbocycles. The molecule has 0 amide bonds. The quantitative estimate of drug-likeness (QED) is 0.900. The fourth-order valence-corrected chi connectivity index (χ4v) is 4.56. The number of thioether (sulfide) groups is 1. The van der Waals surface area contributed by atoms with Crippen LogP contribution in [0.25, 0.3) is 0 Å². The Bertz CT molecular complexity index is 538. The fraction of sp³-hybridized carbons (Fsp3) is 0.533. The van der Waals surface area contributed by atoms with E-state index in [0.717, 1.165) is 31.4 Å². The van der Waals surface area contributed by atoms with Crippen molar-refractivity contribution in [3.05, 3.63) is 29.8 Å². The predicted octanol–water partition coefficient (Wildman–Crippen LogP) is 2.42. The molecule has 0 bridgehead atoms. The highest BCUT2D eigenvalue weighted by molar-refractivity contribution is 7.99. The minimum Gasteiger partial charge on any atom is -0.370 e. The Hall–Kier alpha value is -1.16. The number of hydrogen-bond donors (Lipinski definition) is 1. The summed E-state index contributed by atoms with van der Waals surface area (Å²) in [4.78, 5) is 8.41. The molecule has 1 fully saturated rings. The summed E-state index contributed by atoms with van der Waals surface area (Å²) in [6.45, 7) is 1.93. The van der Waals surface area contributed by atoms with Crippen molar-refractivity contribution in [2.75, 3.05) is 18.8 Å². The number of nitrogens with two attached hydrogens (primary N) is 1. The van der Waals surface area contributed by atoms with Crippen LogP contribution in [0.2, 0.25) is 0 Å². The maximum absolute atomic E-state index is 6.19. The van der Waals surface area contributed by atoms with Gasteiger partial charge in [-0.05, 0) is 36.8 Å². The van der Waals surface area contributed by atoms with Gasteiger partial charge in [0.05, 0.1) is 12.1 Å². The van der Waals surface area contributed by atoms with Crippen LogP contribution in [0, 0.1) is 5.92 Å². The molecule has 100 valence electrons. The third-order valence-electron chi connectivity index (χ3n) is 4.60. The maximum Gasteiger partial charge on any atom is 0.192 e. The first kappa shape index (κ1) is 11.6. The van der Waals surface area contributed by atoms with Gasteiger partial charge in [0.15, 0.2) is 5.96 Å².